The molecular formula is C31H25NO2. The summed E-state index contributed by atoms with van der Waals surface area (Å²) in [5.41, 5.74) is 8.20. The molecule has 0 fully saturated rings. The molecule has 166 valence electrons. The number of aromatic nitrogens is 1. The van der Waals surface area contributed by atoms with Crippen LogP contribution in [0.1, 0.15) is 0 Å². The molecule has 4 aromatic carbocycles. The number of rotatable bonds is 6. The number of benzene rings is 4. The van der Waals surface area contributed by atoms with Crippen LogP contribution in [0, 0.1) is 0 Å². The molecule has 0 N–H and O–H groups in total. The van der Waals surface area contributed by atoms with Gasteiger partial charge in [-0.25, -0.2) is 4.98 Å². The minimum absolute atomic E-state index is 0.840. The number of nitrogens with zero attached hydrogens (tertiary/aromatic N) is 1. The smallest absolute Gasteiger partial charge is 0.126 e. The van der Waals surface area contributed by atoms with Crippen LogP contribution in [0.3, 0.4) is 0 Å². The predicted molar refractivity (Wildman–Crippen MR) is 139 cm³/mol. The molecule has 0 aliphatic heterocycles. The number of hydrogen-bond donors (Lipinski definition) is 0. The van der Waals surface area contributed by atoms with Crippen molar-refractivity contribution in [3.05, 3.63) is 115 Å². The van der Waals surface area contributed by atoms with Crippen molar-refractivity contribution >= 4 is 0 Å². The van der Waals surface area contributed by atoms with Crippen LogP contribution in [0.4, 0.5) is 0 Å². The predicted octanol–water partition coefficient (Wildman–Crippen LogP) is 7.77. The van der Waals surface area contributed by atoms with E-state index < -0.39 is 0 Å². The van der Waals surface area contributed by atoms with Crippen LogP contribution in [0.15, 0.2) is 115 Å². The maximum absolute atomic E-state index is 5.64. The van der Waals surface area contributed by atoms with Crippen molar-refractivity contribution in [3.8, 4) is 56.3 Å². The Bertz CT molecular complexity index is 1330. The molecule has 0 spiro atoms. The van der Waals surface area contributed by atoms with E-state index in [0.717, 1.165) is 56.3 Å². The highest BCUT2D eigenvalue weighted by Crippen LogP contribution is 2.39. The molecule has 0 aliphatic carbocycles. The normalized spacial score (nSPS) is 10.6. The molecule has 3 heteroatoms. The highest BCUT2D eigenvalue weighted by Gasteiger charge is 2.15. The molecule has 3 nitrogen and oxygen atoms in total. The highest BCUT2D eigenvalue weighted by molar-refractivity contribution is 5.88. The van der Waals surface area contributed by atoms with E-state index in [1.165, 1.54) is 0 Å². The van der Waals surface area contributed by atoms with E-state index in [-0.39, 0.29) is 0 Å². The Morgan fingerprint density at radius 1 is 0.382 bits per heavy atom. The first kappa shape index (κ1) is 21.5. The molecule has 0 amide bonds. The average Bonchev–Trinajstić information content (AvgIpc) is 2.93. The molecule has 5 aromatic rings. The Morgan fingerprint density at radius 3 is 1.15 bits per heavy atom. The summed E-state index contributed by atoms with van der Waals surface area (Å²) in [6.45, 7) is 0. The van der Waals surface area contributed by atoms with Gasteiger partial charge >= 0.3 is 0 Å². The lowest BCUT2D eigenvalue weighted by atomic mass is 9.94. The summed E-state index contributed by atoms with van der Waals surface area (Å²) in [4.78, 5) is 5.11. The zero-order valence-corrected chi connectivity index (χ0v) is 19.2. The molecule has 0 saturated carbocycles. The van der Waals surface area contributed by atoms with Crippen molar-refractivity contribution < 1.29 is 9.47 Å². The second-order valence-corrected chi connectivity index (χ2v) is 7.90. The van der Waals surface area contributed by atoms with Crippen LogP contribution in [-0.4, -0.2) is 19.2 Å². The van der Waals surface area contributed by atoms with Gasteiger partial charge in [0.05, 0.1) is 25.6 Å². The minimum atomic E-state index is 0.840. The Morgan fingerprint density at radius 2 is 0.735 bits per heavy atom. The van der Waals surface area contributed by atoms with E-state index >= 15 is 0 Å². The van der Waals surface area contributed by atoms with Crippen LogP contribution in [0.25, 0.3) is 44.8 Å². The van der Waals surface area contributed by atoms with Crippen molar-refractivity contribution in [1.29, 1.82) is 0 Å². The Kier molecular flexibility index (Phi) is 6.09. The summed E-state index contributed by atoms with van der Waals surface area (Å²) in [6, 6.07) is 39.0. The monoisotopic (exact) mass is 443 g/mol. The quantitative estimate of drug-likeness (QED) is 0.269. The SMILES string of the molecule is COc1ccccc1-c1ccccc1-c1cccc(-c2ccccc2-c2ccccc2OC)n1. The summed E-state index contributed by atoms with van der Waals surface area (Å²) in [7, 11) is 3.41. The van der Waals surface area contributed by atoms with Crippen LogP contribution < -0.4 is 9.47 Å². The summed E-state index contributed by atoms with van der Waals surface area (Å²) in [5.74, 6) is 1.68. The lowest BCUT2D eigenvalue weighted by Gasteiger charge is -2.15. The van der Waals surface area contributed by atoms with Crippen LogP contribution in [0.5, 0.6) is 11.5 Å². The van der Waals surface area contributed by atoms with E-state index in [4.69, 9.17) is 14.5 Å². The van der Waals surface area contributed by atoms with E-state index in [1.807, 2.05) is 60.7 Å². The third-order valence-electron chi connectivity index (χ3n) is 5.95. The largest absolute Gasteiger partial charge is 0.496 e. The fourth-order valence-corrected chi connectivity index (χ4v) is 4.35. The summed E-state index contributed by atoms with van der Waals surface area (Å²) >= 11 is 0. The molecule has 0 radical (unpaired) electrons. The highest BCUT2D eigenvalue weighted by atomic mass is 16.5. The molecule has 5 rings (SSSR count). The van der Waals surface area contributed by atoms with Crippen molar-refractivity contribution in [2.24, 2.45) is 0 Å². The van der Waals surface area contributed by atoms with Gasteiger partial charge in [0.25, 0.3) is 0 Å². The molecule has 1 aromatic heterocycles. The Balaban J connectivity index is 1.65. The molecule has 1 heterocycles. The third-order valence-corrected chi connectivity index (χ3v) is 5.95. The number of para-hydroxylation sites is 2. The van der Waals surface area contributed by atoms with Crippen molar-refractivity contribution in [2.45, 2.75) is 0 Å². The standard InChI is InChI=1S/C31H25NO2/c1-33-30-20-9-7-16-26(30)22-12-3-5-14-24(22)28-18-11-19-29(32-28)25-15-6-4-13-23(25)27-17-8-10-21-31(27)34-2/h3-21H,1-2H3. The maximum Gasteiger partial charge on any atom is 0.126 e. The fourth-order valence-electron chi connectivity index (χ4n) is 4.35. The minimum Gasteiger partial charge on any atom is -0.496 e. The van der Waals surface area contributed by atoms with Crippen molar-refractivity contribution in [1.82, 2.24) is 4.98 Å². The number of methoxy groups -OCH3 is 2. The van der Waals surface area contributed by atoms with Gasteiger partial charge < -0.3 is 9.47 Å². The first-order valence-corrected chi connectivity index (χ1v) is 11.2. The molecule has 0 aliphatic rings. The van der Waals surface area contributed by atoms with Crippen molar-refractivity contribution in [3.63, 3.8) is 0 Å². The van der Waals surface area contributed by atoms with Crippen LogP contribution in [-0.2, 0) is 0 Å². The van der Waals surface area contributed by atoms with Gasteiger partial charge in [0.15, 0.2) is 0 Å². The molecular weight excluding hydrogens is 418 g/mol. The first-order valence-electron chi connectivity index (χ1n) is 11.2. The van der Waals surface area contributed by atoms with Gasteiger partial charge in [0, 0.05) is 22.3 Å². The molecule has 34 heavy (non-hydrogen) atoms. The van der Waals surface area contributed by atoms with E-state index in [0.29, 0.717) is 0 Å². The fraction of sp³-hybridized carbons (Fsp3) is 0.0645. The second-order valence-electron chi connectivity index (χ2n) is 7.90. The van der Waals surface area contributed by atoms with Gasteiger partial charge in [0.2, 0.25) is 0 Å². The number of pyridine rings is 1. The molecule has 0 bridgehead atoms. The first-order chi connectivity index (χ1) is 16.8. The summed E-state index contributed by atoms with van der Waals surface area (Å²) in [5, 5.41) is 0. The topological polar surface area (TPSA) is 31.4 Å². The molecule has 0 atom stereocenters. The lowest BCUT2D eigenvalue weighted by molar-refractivity contribution is 0.416. The number of ether oxygens (including phenoxy) is 2. The van der Waals surface area contributed by atoms with Crippen molar-refractivity contribution in [2.75, 3.05) is 14.2 Å². The van der Waals surface area contributed by atoms with E-state index in [1.54, 1.807) is 14.2 Å². The van der Waals surface area contributed by atoms with E-state index in [9.17, 15) is 0 Å². The zero-order valence-electron chi connectivity index (χ0n) is 19.2. The van der Waals surface area contributed by atoms with Gasteiger partial charge in [0.1, 0.15) is 11.5 Å². The van der Waals surface area contributed by atoms with Gasteiger partial charge in [-0.15, -0.1) is 0 Å². The van der Waals surface area contributed by atoms with Crippen LogP contribution in [0.2, 0.25) is 0 Å². The van der Waals surface area contributed by atoms with Gasteiger partial charge in [-0.2, -0.15) is 0 Å². The van der Waals surface area contributed by atoms with Gasteiger partial charge in [-0.1, -0.05) is 91.0 Å². The molecule has 0 unspecified atom stereocenters. The third kappa shape index (κ3) is 4.04. The zero-order chi connectivity index (χ0) is 23.3. The Hall–Kier alpha value is -4.37. The van der Waals surface area contributed by atoms with E-state index in [2.05, 4.69) is 54.6 Å². The summed E-state index contributed by atoms with van der Waals surface area (Å²) in [6.07, 6.45) is 0. The molecule has 0 saturated heterocycles. The van der Waals surface area contributed by atoms with Gasteiger partial charge in [-0.05, 0) is 35.4 Å². The van der Waals surface area contributed by atoms with Gasteiger partial charge in [-0.3, -0.25) is 0 Å². The average molecular weight is 444 g/mol. The lowest BCUT2D eigenvalue weighted by Crippen LogP contribution is -1.94. The van der Waals surface area contributed by atoms with Crippen LogP contribution >= 0.6 is 0 Å². The maximum atomic E-state index is 5.64. The summed E-state index contributed by atoms with van der Waals surface area (Å²) < 4.78 is 11.3. The second kappa shape index (κ2) is 9.63. The number of hydrogen-bond acceptors (Lipinski definition) is 3. The Labute approximate surface area is 200 Å².